The van der Waals surface area contributed by atoms with Gasteiger partial charge in [-0.05, 0) is 30.5 Å². The summed E-state index contributed by atoms with van der Waals surface area (Å²) in [6.45, 7) is 2.81. The normalized spacial score (nSPS) is 18.0. The molecule has 0 spiro atoms. The summed E-state index contributed by atoms with van der Waals surface area (Å²) < 4.78 is 16.4. The topological polar surface area (TPSA) is 60.0 Å². The minimum atomic E-state index is -0.0530. The SMILES string of the molecule is O=C(CN(Cc1ccccc1)CC1CCCO1)Nc1ccc2c(c1)OCO2. The molecule has 0 aromatic heterocycles. The van der Waals surface area contributed by atoms with E-state index in [1.165, 1.54) is 5.56 Å². The molecule has 1 atom stereocenters. The lowest BCUT2D eigenvalue weighted by atomic mass is 10.2. The van der Waals surface area contributed by atoms with Gasteiger partial charge in [0.05, 0.1) is 12.6 Å². The van der Waals surface area contributed by atoms with Crippen LogP contribution in [0.15, 0.2) is 48.5 Å². The van der Waals surface area contributed by atoms with E-state index < -0.39 is 0 Å². The predicted molar refractivity (Wildman–Crippen MR) is 102 cm³/mol. The molecule has 6 heteroatoms. The zero-order valence-corrected chi connectivity index (χ0v) is 15.2. The molecule has 1 amide bonds. The van der Waals surface area contributed by atoms with Crippen molar-refractivity contribution in [2.75, 3.05) is 31.8 Å². The second kappa shape index (κ2) is 8.41. The summed E-state index contributed by atoms with van der Waals surface area (Å²) >= 11 is 0. The van der Waals surface area contributed by atoms with Crippen molar-refractivity contribution in [3.8, 4) is 11.5 Å². The number of nitrogens with one attached hydrogen (secondary N) is 1. The van der Waals surface area contributed by atoms with E-state index in [1.807, 2.05) is 30.3 Å². The molecule has 1 unspecified atom stereocenters. The van der Waals surface area contributed by atoms with Crippen LogP contribution in [0.5, 0.6) is 11.5 Å². The zero-order valence-electron chi connectivity index (χ0n) is 15.2. The highest BCUT2D eigenvalue weighted by molar-refractivity contribution is 5.92. The molecule has 2 aliphatic heterocycles. The van der Waals surface area contributed by atoms with E-state index in [1.54, 1.807) is 6.07 Å². The number of ether oxygens (including phenoxy) is 3. The van der Waals surface area contributed by atoms with Gasteiger partial charge in [0.25, 0.3) is 0 Å². The fourth-order valence-electron chi connectivity index (χ4n) is 3.48. The Morgan fingerprint density at radius 2 is 1.96 bits per heavy atom. The maximum absolute atomic E-state index is 12.6. The maximum Gasteiger partial charge on any atom is 0.238 e. The number of amides is 1. The van der Waals surface area contributed by atoms with Gasteiger partial charge in [0.2, 0.25) is 12.7 Å². The smallest absolute Gasteiger partial charge is 0.238 e. The Balaban J connectivity index is 1.39. The number of rotatable bonds is 7. The van der Waals surface area contributed by atoms with Crippen LogP contribution in [0.3, 0.4) is 0 Å². The van der Waals surface area contributed by atoms with Gasteiger partial charge in [-0.15, -0.1) is 0 Å². The van der Waals surface area contributed by atoms with Gasteiger partial charge >= 0.3 is 0 Å². The summed E-state index contributed by atoms with van der Waals surface area (Å²) in [6.07, 6.45) is 2.34. The first-order valence-corrected chi connectivity index (χ1v) is 9.34. The first-order chi connectivity index (χ1) is 13.3. The Morgan fingerprint density at radius 3 is 2.78 bits per heavy atom. The second-order valence-corrected chi connectivity index (χ2v) is 6.91. The molecule has 2 heterocycles. The fourth-order valence-corrected chi connectivity index (χ4v) is 3.48. The van der Waals surface area contributed by atoms with E-state index in [0.717, 1.165) is 32.5 Å². The quantitative estimate of drug-likeness (QED) is 0.814. The van der Waals surface area contributed by atoms with Crippen LogP contribution in [0, 0.1) is 0 Å². The molecule has 142 valence electrons. The zero-order chi connectivity index (χ0) is 18.5. The number of nitrogens with zero attached hydrogens (tertiary/aromatic N) is 1. The lowest BCUT2D eigenvalue weighted by Gasteiger charge is -2.24. The van der Waals surface area contributed by atoms with Crippen LogP contribution in [0.4, 0.5) is 5.69 Å². The summed E-state index contributed by atoms with van der Waals surface area (Å²) in [7, 11) is 0. The third-order valence-corrected chi connectivity index (χ3v) is 4.76. The first kappa shape index (κ1) is 17.8. The van der Waals surface area contributed by atoms with Gasteiger partial charge in [-0.25, -0.2) is 0 Å². The van der Waals surface area contributed by atoms with Crippen LogP contribution in [-0.4, -0.2) is 43.4 Å². The summed E-state index contributed by atoms with van der Waals surface area (Å²) in [5.74, 6) is 1.31. The lowest BCUT2D eigenvalue weighted by molar-refractivity contribution is -0.117. The minimum absolute atomic E-state index is 0.0530. The molecule has 1 N–H and O–H groups in total. The molecule has 0 aliphatic carbocycles. The minimum Gasteiger partial charge on any atom is -0.454 e. The van der Waals surface area contributed by atoms with Crippen molar-refractivity contribution < 1.29 is 19.0 Å². The molecule has 1 saturated heterocycles. The Morgan fingerprint density at radius 1 is 1.11 bits per heavy atom. The molecule has 2 aromatic carbocycles. The summed E-state index contributed by atoms with van der Waals surface area (Å²) in [6, 6.07) is 15.6. The van der Waals surface area contributed by atoms with Crippen molar-refractivity contribution in [2.45, 2.75) is 25.5 Å². The standard InChI is InChI=1S/C21H24N2O4/c24-21(22-17-8-9-19-20(11-17)27-15-26-19)14-23(13-18-7-4-10-25-18)12-16-5-2-1-3-6-16/h1-3,5-6,8-9,11,18H,4,7,10,12-15H2,(H,22,24). The summed E-state index contributed by atoms with van der Waals surface area (Å²) in [5.41, 5.74) is 1.90. The van der Waals surface area contributed by atoms with E-state index >= 15 is 0 Å². The van der Waals surface area contributed by atoms with Crippen molar-refractivity contribution in [1.29, 1.82) is 0 Å². The van der Waals surface area contributed by atoms with Crippen LogP contribution >= 0.6 is 0 Å². The molecule has 0 saturated carbocycles. The average Bonchev–Trinajstić information content (AvgIpc) is 3.33. The van der Waals surface area contributed by atoms with Crippen LogP contribution in [-0.2, 0) is 16.1 Å². The number of carbonyl (C=O) groups is 1. The monoisotopic (exact) mass is 368 g/mol. The highest BCUT2D eigenvalue weighted by atomic mass is 16.7. The lowest BCUT2D eigenvalue weighted by Crippen LogP contribution is -2.37. The Labute approximate surface area is 159 Å². The highest BCUT2D eigenvalue weighted by Gasteiger charge is 2.21. The second-order valence-electron chi connectivity index (χ2n) is 6.91. The van der Waals surface area contributed by atoms with Gasteiger partial charge < -0.3 is 19.5 Å². The molecular weight excluding hydrogens is 344 g/mol. The molecule has 27 heavy (non-hydrogen) atoms. The third-order valence-electron chi connectivity index (χ3n) is 4.76. The van der Waals surface area contributed by atoms with Crippen LogP contribution < -0.4 is 14.8 Å². The van der Waals surface area contributed by atoms with Crippen molar-refractivity contribution in [3.63, 3.8) is 0 Å². The molecule has 2 aliphatic rings. The van der Waals surface area contributed by atoms with E-state index in [-0.39, 0.29) is 18.8 Å². The van der Waals surface area contributed by atoms with Crippen LogP contribution in [0.2, 0.25) is 0 Å². The largest absolute Gasteiger partial charge is 0.454 e. The third kappa shape index (κ3) is 4.78. The number of benzene rings is 2. The van der Waals surface area contributed by atoms with Crippen molar-refractivity contribution in [3.05, 3.63) is 54.1 Å². The number of hydrogen-bond acceptors (Lipinski definition) is 5. The van der Waals surface area contributed by atoms with Gasteiger partial charge in [-0.2, -0.15) is 0 Å². The highest BCUT2D eigenvalue weighted by Crippen LogP contribution is 2.34. The molecular formula is C21H24N2O4. The average molecular weight is 368 g/mol. The van der Waals surface area contributed by atoms with Gasteiger partial charge in [0.15, 0.2) is 11.5 Å². The molecule has 4 rings (SSSR count). The van der Waals surface area contributed by atoms with Gasteiger partial charge in [0.1, 0.15) is 0 Å². The van der Waals surface area contributed by atoms with Crippen molar-refractivity contribution >= 4 is 11.6 Å². The van der Waals surface area contributed by atoms with Gasteiger partial charge in [-0.1, -0.05) is 30.3 Å². The summed E-state index contributed by atoms with van der Waals surface area (Å²) in [4.78, 5) is 14.8. The van der Waals surface area contributed by atoms with Crippen LogP contribution in [0.25, 0.3) is 0 Å². The van der Waals surface area contributed by atoms with E-state index in [0.29, 0.717) is 23.7 Å². The molecule has 6 nitrogen and oxygen atoms in total. The predicted octanol–water partition coefficient (Wildman–Crippen LogP) is 3.04. The Hall–Kier alpha value is -2.57. The number of carbonyl (C=O) groups excluding carboxylic acids is 1. The summed E-state index contributed by atoms with van der Waals surface area (Å²) in [5, 5.41) is 2.96. The molecule has 1 fully saturated rings. The Kier molecular flexibility index (Phi) is 5.55. The molecule has 2 aromatic rings. The number of fused-ring (bicyclic) bond motifs is 1. The fraction of sp³-hybridized carbons (Fsp3) is 0.381. The van der Waals surface area contributed by atoms with E-state index in [2.05, 4.69) is 22.3 Å². The van der Waals surface area contributed by atoms with Crippen LogP contribution in [0.1, 0.15) is 18.4 Å². The number of hydrogen-bond donors (Lipinski definition) is 1. The first-order valence-electron chi connectivity index (χ1n) is 9.34. The maximum atomic E-state index is 12.6. The van der Waals surface area contributed by atoms with Crippen molar-refractivity contribution in [2.24, 2.45) is 0 Å². The Bertz CT molecular complexity index is 775. The van der Waals surface area contributed by atoms with Gasteiger partial charge in [0, 0.05) is 31.5 Å². The molecule has 0 radical (unpaired) electrons. The van der Waals surface area contributed by atoms with E-state index in [4.69, 9.17) is 14.2 Å². The molecule has 0 bridgehead atoms. The van der Waals surface area contributed by atoms with Crippen molar-refractivity contribution in [1.82, 2.24) is 4.90 Å². The van der Waals surface area contributed by atoms with Gasteiger partial charge in [-0.3, -0.25) is 9.69 Å². The van der Waals surface area contributed by atoms with E-state index in [9.17, 15) is 4.79 Å². The number of anilines is 1.